The van der Waals surface area contributed by atoms with Gasteiger partial charge in [0.25, 0.3) is 0 Å². The molecule has 0 fully saturated rings. The van der Waals surface area contributed by atoms with Gasteiger partial charge in [-0.25, -0.2) is 8.42 Å². The second-order valence-corrected chi connectivity index (χ2v) is 10.3. The van der Waals surface area contributed by atoms with E-state index in [2.05, 4.69) is 0 Å². The summed E-state index contributed by atoms with van der Waals surface area (Å²) in [6.45, 7) is 1.79. The van der Waals surface area contributed by atoms with Crippen molar-refractivity contribution in [1.82, 2.24) is 0 Å². The number of hydrogen-bond acceptors (Lipinski definition) is 6. The van der Waals surface area contributed by atoms with Gasteiger partial charge in [-0.1, -0.05) is 43.3 Å². The van der Waals surface area contributed by atoms with E-state index in [-0.39, 0.29) is 79.8 Å². The molecule has 2 aliphatic rings. The topological polar surface area (TPSA) is 92.7 Å². The van der Waals surface area contributed by atoms with Gasteiger partial charge in [-0.15, -0.1) is 0 Å². The van der Waals surface area contributed by atoms with Crippen LogP contribution in [0.3, 0.4) is 0 Å². The van der Waals surface area contributed by atoms with E-state index in [1.807, 2.05) is 6.92 Å². The van der Waals surface area contributed by atoms with Crippen LogP contribution in [0.25, 0.3) is 5.57 Å². The first kappa shape index (κ1) is 27.9. The minimum absolute atomic E-state index is 0. The second kappa shape index (κ2) is 10.2. The molecule has 0 radical (unpaired) electrons. The van der Waals surface area contributed by atoms with Crippen LogP contribution < -0.4 is 66.0 Å². The van der Waals surface area contributed by atoms with Crippen molar-refractivity contribution in [3.05, 3.63) is 94.1 Å². The van der Waals surface area contributed by atoms with Crippen molar-refractivity contribution in [1.29, 1.82) is 0 Å². The second-order valence-electron chi connectivity index (χ2n) is 8.31. The fourth-order valence-electron chi connectivity index (χ4n) is 4.80. The predicted octanol–water partition coefficient (Wildman–Crippen LogP) is 1.08. The van der Waals surface area contributed by atoms with Crippen LogP contribution in [0, 0.1) is 0 Å². The Labute approximate surface area is 253 Å². The average molecular weight is 555 g/mol. The Hall–Kier alpha value is -2.15. The van der Waals surface area contributed by atoms with Crippen molar-refractivity contribution in [2.24, 2.45) is 0 Å². The molecule has 1 unspecified atom stereocenters. The number of fused-ring (bicyclic) bond motifs is 2. The minimum Gasteiger partial charge on any atom is -0.545 e. The summed E-state index contributed by atoms with van der Waals surface area (Å²) in [5.74, 6) is -1.08. The van der Waals surface area contributed by atoms with Crippen molar-refractivity contribution < 1.29 is 92.3 Å². The van der Waals surface area contributed by atoms with Crippen LogP contribution >= 0.6 is 0 Å². The molecule has 6 nitrogen and oxygen atoms in total. The van der Waals surface area contributed by atoms with E-state index < -0.39 is 43.9 Å². The van der Waals surface area contributed by atoms with Crippen LogP contribution in [-0.4, -0.2) is 21.2 Å². The van der Waals surface area contributed by atoms with Crippen molar-refractivity contribution >= 4 is 21.4 Å². The molecule has 0 saturated carbocycles. The molecule has 0 aromatic heterocycles. The molecule has 37 heavy (non-hydrogen) atoms. The summed E-state index contributed by atoms with van der Waals surface area (Å²) in [6, 6.07) is 12.8. The number of carbonyl (C=O) groups is 1. The van der Waals surface area contributed by atoms with Crippen molar-refractivity contribution in [2.45, 2.75) is 29.7 Å². The Morgan fingerprint density at radius 2 is 1.73 bits per heavy atom. The fraction of sp³-hybridized carbons (Fsp3) is 0.192. The molecule has 186 valence electrons. The maximum Gasteiger partial charge on any atom is 1.00 e. The maximum atomic E-state index is 13.9. The largest absolute Gasteiger partial charge is 1.00 e. The normalized spacial score (nSPS) is 17.7. The van der Waals surface area contributed by atoms with E-state index in [4.69, 9.17) is 9.47 Å². The minimum atomic E-state index is -4.92. The molecule has 11 heteroatoms. The van der Waals surface area contributed by atoms with Gasteiger partial charge in [0, 0.05) is 11.1 Å². The Kier molecular flexibility index (Phi) is 7.68. The number of hydrogen-bond donors (Lipinski definition) is 0. The number of rotatable bonds is 4. The number of alkyl halides is 3. The van der Waals surface area contributed by atoms with E-state index in [9.17, 15) is 31.5 Å². The Balaban J connectivity index is 0.00000320. The van der Waals surface area contributed by atoms with Gasteiger partial charge in [-0.05, 0) is 52.9 Å². The molecule has 5 rings (SSSR count). The van der Waals surface area contributed by atoms with Crippen LogP contribution in [0.15, 0.2) is 71.1 Å². The molecule has 0 saturated heterocycles. The maximum absolute atomic E-state index is 13.9. The first-order chi connectivity index (χ1) is 17.1. The summed E-state index contributed by atoms with van der Waals surface area (Å²) in [6.07, 6.45) is -4.44. The number of aliphatic carboxylic acids is 1. The van der Waals surface area contributed by atoms with Gasteiger partial charge in [-0.2, -0.15) is 13.2 Å². The van der Waals surface area contributed by atoms with E-state index in [0.29, 0.717) is 23.5 Å². The molecule has 1 atom stereocenters. The predicted molar refractivity (Wildman–Crippen MR) is 121 cm³/mol. The molecular formula is C26H18F3KO6S. The molecule has 0 bridgehead atoms. The summed E-state index contributed by atoms with van der Waals surface area (Å²) in [5.41, 5.74) is -1.75. The number of benzene rings is 3. The van der Waals surface area contributed by atoms with E-state index in [1.165, 1.54) is 36.4 Å². The van der Waals surface area contributed by atoms with Crippen molar-refractivity contribution in [3.8, 4) is 11.5 Å². The number of carboxylic acids is 1. The van der Waals surface area contributed by atoms with Gasteiger partial charge in [0.15, 0.2) is 21.3 Å². The van der Waals surface area contributed by atoms with E-state index in [0.717, 1.165) is 18.2 Å². The summed E-state index contributed by atoms with van der Waals surface area (Å²) in [4.78, 5) is 12.3. The molecular weight excluding hydrogens is 536 g/mol. The SMILES string of the molecule is CCc1cc(C2=C(C(=O)[O-])C(c3ccccc3C(F)(F)F)S(=O)(=O)c3ccccc32)cc2c1OCO2.[K+]. The molecule has 3 aromatic carbocycles. The van der Waals surface area contributed by atoms with Gasteiger partial charge in [0.2, 0.25) is 6.79 Å². The Morgan fingerprint density at radius 3 is 2.41 bits per heavy atom. The van der Waals surface area contributed by atoms with Crippen LogP contribution in [0.4, 0.5) is 13.2 Å². The van der Waals surface area contributed by atoms with Crippen LogP contribution in [0.2, 0.25) is 0 Å². The molecule has 0 aliphatic carbocycles. The fourth-order valence-corrected chi connectivity index (χ4v) is 6.86. The molecule has 0 N–H and O–H groups in total. The van der Waals surface area contributed by atoms with Crippen LogP contribution in [0.5, 0.6) is 11.5 Å². The molecule has 3 aromatic rings. The summed E-state index contributed by atoms with van der Waals surface area (Å²) in [5, 5.41) is 10.4. The molecule has 0 amide bonds. The smallest absolute Gasteiger partial charge is 0.545 e. The van der Waals surface area contributed by atoms with Crippen LogP contribution in [-0.2, 0) is 27.2 Å². The average Bonchev–Trinajstić information content (AvgIpc) is 3.31. The number of ether oxygens (including phenoxy) is 2. The standard InChI is InChI=1S/C26H19F3O6S.K/c1-2-14-11-15(12-19-23(14)35-13-34-19)21-17-8-4-6-10-20(17)36(32,33)24(22(21)25(30)31)16-7-3-5-9-18(16)26(27,28)29;/h3-12,24H,2,13H2,1H3,(H,30,31);/q;+1/p-1. The van der Waals surface area contributed by atoms with Gasteiger partial charge >= 0.3 is 57.6 Å². The number of carbonyl (C=O) groups excluding carboxylic acids is 1. The van der Waals surface area contributed by atoms with E-state index >= 15 is 0 Å². The first-order valence-corrected chi connectivity index (χ1v) is 12.5. The quantitative estimate of drug-likeness (QED) is 0.449. The first-order valence-electron chi connectivity index (χ1n) is 10.9. The Bertz CT molecular complexity index is 1550. The zero-order valence-corrected chi connectivity index (χ0v) is 23.7. The third-order valence-corrected chi connectivity index (χ3v) is 8.37. The third kappa shape index (κ3) is 4.66. The zero-order valence-electron chi connectivity index (χ0n) is 19.8. The van der Waals surface area contributed by atoms with Gasteiger partial charge in [-0.3, -0.25) is 0 Å². The summed E-state index contributed by atoms with van der Waals surface area (Å²) < 4.78 is 80.3. The molecule has 2 aliphatic heterocycles. The van der Waals surface area contributed by atoms with Gasteiger partial charge < -0.3 is 19.4 Å². The van der Waals surface area contributed by atoms with Crippen LogP contribution in [0.1, 0.15) is 40.0 Å². The number of aryl methyl sites for hydroxylation is 1. The van der Waals surface area contributed by atoms with Crippen molar-refractivity contribution in [2.75, 3.05) is 6.79 Å². The van der Waals surface area contributed by atoms with Gasteiger partial charge in [0.05, 0.1) is 16.4 Å². The van der Waals surface area contributed by atoms with E-state index in [1.54, 1.807) is 6.07 Å². The van der Waals surface area contributed by atoms with Gasteiger partial charge in [0.1, 0.15) is 5.25 Å². The number of halogens is 3. The Morgan fingerprint density at radius 1 is 1.05 bits per heavy atom. The van der Waals surface area contributed by atoms with Crippen molar-refractivity contribution in [3.63, 3.8) is 0 Å². The third-order valence-electron chi connectivity index (χ3n) is 6.29. The summed E-state index contributed by atoms with van der Waals surface area (Å²) in [7, 11) is -4.62. The molecule has 2 heterocycles. The molecule has 0 spiro atoms. The monoisotopic (exact) mass is 554 g/mol. The zero-order chi connectivity index (χ0) is 25.8. The number of sulfone groups is 1. The summed E-state index contributed by atoms with van der Waals surface area (Å²) >= 11 is 0. The number of carboxylic acid groups (broad SMARTS) is 1.